The van der Waals surface area contributed by atoms with Crippen molar-refractivity contribution in [2.45, 2.75) is 5.22 Å². The van der Waals surface area contributed by atoms with E-state index in [1.807, 2.05) is 41.9 Å². The van der Waals surface area contributed by atoms with Crippen molar-refractivity contribution in [3.63, 3.8) is 0 Å². The van der Waals surface area contributed by atoms with Crippen molar-refractivity contribution < 1.29 is 13.9 Å². The topological polar surface area (TPSA) is 82.2 Å². The fraction of sp³-hybridized carbons (Fsp3) is 0.150. The summed E-state index contributed by atoms with van der Waals surface area (Å²) in [5, 5.41) is 12.4. The van der Waals surface area contributed by atoms with Crippen LogP contribution in [0.3, 0.4) is 0 Å². The van der Waals surface area contributed by atoms with Crippen LogP contribution < -0.4 is 10.1 Å². The van der Waals surface area contributed by atoms with E-state index in [0.717, 1.165) is 22.3 Å². The summed E-state index contributed by atoms with van der Waals surface area (Å²) in [6, 6.07) is 17.2. The first-order chi connectivity index (χ1) is 13.6. The molecule has 1 amide bonds. The number of para-hydroxylation sites is 1. The summed E-state index contributed by atoms with van der Waals surface area (Å²) in [7, 11) is 3.55. The van der Waals surface area contributed by atoms with E-state index >= 15 is 0 Å². The number of fused-ring (bicyclic) bond motifs is 1. The monoisotopic (exact) mass is 394 g/mol. The summed E-state index contributed by atoms with van der Waals surface area (Å²) in [5.74, 6) is 1.18. The number of benzene rings is 2. The highest BCUT2D eigenvalue weighted by Crippen LogP contribution is 2.28. The lowest BCUT2D eigenvalue weighted by Gasteiger charge is -2.05. The molecule has 0 spiro atoms. The van der Waals surface area contributed by atoms with Gasteiger partial charge in [0.1, 0.15) is 11.4 Å². The number of nitrogens with one attached hydrogen (secondary N) is 1. The van der Waals surface area contributed by atoms with Crippen LogP contribution in [0.25, 0.3) is 22.5 Å². The zero-order chi connectivity index (χ0) is 19.5. The predicted molar refractivity (Wildman–Crippen MR) is 109 cm³/mol. The highest BCUT2D eigenvalue weighted by molar-refractivity contribution is 7.99. The Morgan fingerprint density at radius 2 is 1.96 bits per heavy atom. The minimum absolute atomic E-state index is 0.153. The summed E-state index contributed by atoms with van der Waals surface area (Å²) < 4.78 is 12.8. The molecular formula is C20H18N4O3S. The van der Waals surface area contributed by atoms with E-state index in [2.05, 4.69) is 15.5 Å². The molecule has 8 heteroatoms. The van der Waals surface area contributed by atoms with Crippen molar-refractivity contribution in [1.82, 2.24) is 14.8 Å². The van der Waals surface area contributed by atoms with Gasteiger partial charge in [-0.15, -0.1) is 10.2 Å². The van der Waals surface area contributed by atoms with Gasteiger partial charge in [0.15, 0.2) is 0 Å². The Morgan fingerprint density at radius 3 is 2.71 bits per heavy atom. The first kappa shape index (κ1) is 18.1. The summed E-state index contributed by atoms with van der Waals surface area (Å²) in [5.41, 5.74) is 2.63. The number of methoxy groups -OCH3 is 1. The molecule has 0 aliphatic rings. The van der Waals surface area contributed by atoms with Gasteiger partial charge >= 0.3 is 0 Å². The lowest BCUT2D eigenvalue weighted by molar-refractivity contribution is -0.113. The fourth-order valence-corrected chi connectivity index (χ4v) is 3.43. The molecule has 0 bridgehead atoms. The van der Waals surface area contributed by atoms with Crippen LogP contribution in [-0.2, 0) is 11.8 Å². The summed E-state index contributed by atoms with van der Waals surface area (Å²) >= 11 is 1.20. The third-order valence-corrected chi connectivity index (χ3v) is 5.10. The Labute approximate surface area is 165 Å². The normalized spacial score (nSPS) is 10.9. The number of aryl methyl sites for hydroxylation is 1. The van der Waals surface area contributed by atoms with E-state index < -0.39 is 0 Å². The fourth-order valence-electron chi connectivity index (χ4n) is 2.86. The molecule has 0 fully saturated rings. The molecule has 0 aliphatic heterocycles. The molecule has 0 saturated heterocycles. The lowest BCUT2D eigenvalue weighted by Crippen LogP contribution is -2.13. The summed E-state index contributed by atoms with van der Waals surface area (Å²) in [6.45, 7) is 0. The standard InChI is InChI=1S/C20H18N4O3S/c1-24-16-6-4-3-5-13(16)11-17(24)19-22-23-20(27-19)28-12-18(25)21-14-7-9-15(26-2)10-8-14/h3-11H,12H2,1-2H3,(H,21,25). The maximum absolute atomic E-state index is 12.1. The van der Waals surface area contributed by atoms with Crippen molar-refractivity contribution in [2.75, 3.05) is 18.2 Å². The van der Waals surface area contributed by atoms with Gasteiger partial charge in [-0.25, -0.2) is 0 Å². The summed E-state index contributed by atoms with van der Waals surface area (Å²) in [6.07, 6.45) is 0. The number of nitrogens with zero attached hydrogens (tertiary/aromatic N) is 3. The van der Waals surface area contributed by atoms with Gasteiger partial charge in [-0.3, -0.25) is 4.79 Å². The van der Waals surface area contributed by atoms with Gasteiger partial charge in [0, 0.05) is 23.6 Å². The highest BCUT2D eigenvalue weighted by Gasteiger charge is 2.15. The van der Waals surface area contributed by atoms with E-state index in [9.17, 15) is 4.79 Å². The number of carbonyl (C=O) groups excluding carboxylic acids is 1. The van der Waals surface area contributed by atoms with Crippen molar-refractivity contribution in [3.05, 3.63) is 54.6 Å². The molecule has 4 aromatic rings. The van der Waals surface area contributed by atoms with E-state index in [1.54, 1.807) is 31.4 Å². The zero-order valence-corrected chi connectivity index (χ0v) is 16.2. The molecule has 0 saturated carbocycles. The van der Waals surface area contributed by atoms with Gasteiger partial charge in [-0.2, -0.15) is 0 Å². The van der Waals surface area contributed by atoms with Gasteiger partial charge in [0.05, 0.1) is 12.9 Å². The summed E-state index contributed by atoms with van der Waals surface area (Å²) in [4.78, 5) is 12.1. The van der Waals surface area contributed by atoms with Crippen molar-refractivity contribution in [2.24, 2.45) is 7.05 Å². The van der Waals surface area contributed by atoms with E-state index in [1.165, 1.54) is 11.8 Å². The maximum atomic E-state index is 12.1. The van der Waals surface area contributed by atoms with Crippen LogP contribution in [-0.4, -0.2) is 33.5 Å². The molecular weight excluding hydrogens is 376 g/mol. The molecule has 2 aromatic carbocycles. The van der Waals surface area contributed by atoms with Crippen molar-refractivity contribution in [3.8, 4) is 17.3 Å². The Hall–Kier alpha value is -3.26. The number of ether oxygens (including phenoxy) is 1. The quantitative estimate of drug-likeness (QED) is 0.498. The van der Waals surface area contributed by atoms with Crippen LogP contribution in [0.2, 0.25) is 0 Å². The molecule has 0 atom stereocenters. The number of anilines is 1. The van der Waals surface area contributed by atoms with Crippen LogP contribution in [0.1, 0.15) is 0 Å². The predicted octanol–water partition coefficient (Wildman–Crippen LogP) is 3.97. The second-order valence-electron chi connectivity index (χ2n) is 6.09. The molecule has 0 unspecified atom stereocenters. The van der Waals surface area contributed by atoms with E-state index in [-0.39, 0.29) is 11.7 Å². The van der Waals surface area contributed by atoms with Crippen molar-refractivity contribution in [1.29, 1.82) is 0 Å². The number of rotatable bonds is 6. The van der Waals surface area contributed by atoms with E-state index in [4.69, 9.17) is 9.15 Å². The number of aromatic nitrogens is 3. The van der Waals surface area contributed by atoms with Gasteiger partial charge < -0.3 is 19.0 Å². The number of amides is 1. The minimum Gasteiger partial charge on any atom is -0.497 e. The lowest BCUT2D eigenvalue weighted by atomic mass is 10.2. The van der Waals surface area contributed by atoms with Gasteiger partial charge in [0.25, 0.3) is 11.1 Å². The highest BCUT2D eigenvalue weighted by atomic mass is 32.2. The molecule has 2 heterocycles. The molecule has 0 radical (unpaired) electrons. The van der Waals surface area contributed by atoms with E-state index in [0.29, 0.717) is 16.8 Å². The van der Waals surface area contributed by atoms with Crippen molar-refractivity contribution >= 4 is 34.3 Å². The second kappa shape index (κ2) is 7.77. The molecule has 7 nitrogen and oxygen atoms in total. The van der Waals surface area contributed by atoms with Crippen LogP contribution >= 0.6 is 11.8 Å². The number of carbonyl (C=O) groups is 1. The Balaban J connectivity index is 1.40. The molecule has 2 aromatic heterocycles. The Bertz CT molecular complexity index is 1120. The van der Waals surface area contributed by atoms with Crippen LogP contribution in [0.15, 0.2) is 64.2 Å². The zero-order valence-electron chi connectivity index (χ0n) is 15.4. The average Bonchev–Trinajstić information content (AvgIpc) is 3.32. The smallest absolute Gasteiger partial charge is 0.277 e. The number of thioether (sulfide) groups is 1. The van der Waals surface area contributed by atoms with Gasteiger partial charge in [-0.05, 0) is 36.4 Å². The molecule has 4 rings (SSSR count). The van der Waals surface area contributed by atoms with Gasteiger partial charge in [0.2, 0.25) is 5.91 Å². The van der Waals surface area contributed by atoms with Gasteiger partial charge in [-0.1, -0.05) is 30.0 Å². The molecule has 28 heavy (non-hydrogen) atoms. The minimum atomic E-state index is -0.153. The number of hydrogen-bond acceptors (Lipinski definition) is 6. The first-order valence-corrected chi connectivity index (χ1v) is 9.57. The average molecular weight is 394 g/mol. The third-order valence-electron chi connectivity index (χ3n) is 4.28. The van der Waals surface area contributed by atoms with Crippen LogP contribution in [0.4, 0.5) is 5.69 Å². The SMILES string of the molecule is COc1ccc(NC(=O)CSc2nnc(-c3cc4ccccc4n3C)o2)cc1. The molecule has 0 aliphatic carbocycles. The number of hydrogen-bond donors (Lipinski definition) is 1. The second-order valence-corrected chi connectivity index (χ2v) is 7.01. The molecule has 1 N–H and O–H groups in total. The Kier molecular flexibility index (Phi) is 5.03. The molecule has 142 valence electrons. The van der Waals surface area contributed by atoms with Crippen LogP contribution in [0, 0.1) is 0 Å². The largest absolute Gasteiger partial charge is 0.497 e. The Morgan fingerprint density at radius 1 is 1.18 bits per heavy atom. The van der Waals surface area contributed by atoms with Crippen LogP contribution in [0.5, 0.6) is 5.75 Å². The first-order valence-electron chi connectivity index (χ1n) is 8.59. The maximum Gasteiger partial charge on any atom is 0.277 e. The third kappa shape index (κ3) is 3.72.